The Bertz CT molecular complexity index is 893. The van der Waals surface area contributed by atoms with Crippen LogP contribution in [0, 0.1) is 0 Å². The van der Waals surface area contributed by atoms with Crippen molar-refractivity contribution in [3.63, 3.8) is 0 Å². The summed E-state index contributed by atoms with van der Waals surface area (Å²) < 4.78 is 6.20. The molecule has 0 unspecified atom stereocenters. The number of amides is 1. The number of carbonyl (C=O) groups excluding carboxylic acids is 1. The number of hydrogen-bond acceptors (Lipinski definition) is 4. The highest BCUT2D eigenvalue weighted by Gasteiger charge is 2.18. The number of carbonyl (C=O) groups is 1. The zero-order valence-corrected chi connectivity index (χ0v) is 21.1. The molecule has 3 rings (SSSR count). The number of pyridine rings is 1. The Labute approximate surface area is 201 Å². The van der Waals surface area contributed by atoms with Crippen LogP contribution in [0.25, 0.3) is 5.57 Å². The maximum Gasteiger partial charge on any atom is 0.272 e. The van der Waals surface area contributed by atoms with E-state index in [1.807, 2.05) is 46.0 Å². The van der Waals surface area contributed by atoms with E-state index in [-0.39, 0.29) is 7.33 Å². The molecule has 0 fully saturated rings. The van der Waals surface area contributed by atoms with Gasteiger partial charge in [-0.1, -0.05) is 51.5 Å². The second-order valence-corrected chi connectivity index (χ2v) is 7.81. The molecule has 1 aromatic heterocycles. The summed E-state index contributed by atoms with van der Waals surface area (Å²) in [7, 11) is 0. The standard InChI is InChI=1S/C26H35N3O2.C2H6.H2/c1-4-10-20-11-9-13-24-25(20)22(12-7-8-16-27-17-18-31-24)21-14-15-23(28-19-21)26(30)29(5-2)6-3;1-2;/h9,11-15,19,27H,4-8,10,16-18H2,1-3H3;1-2H3;1H/b22-12-;;. The second-order valence-electron chi connectivity index (χ2n) is 7.81. The van der Waals surface area contributed by atoms with Gasteiger partial charge in [-0.15, -0.1) is 0 Å². The van der Waals surface area contributed by atoms with Gasteiger partial charge in [0.15, 0.2) is 0 Å². The van der Waals surface area contributed by atoms with E-state index in [1.54, 1.807) is 4.90 Å². The van der Waals surface area contributed by atoms with Crippen LogP contribution in [0.5, 0.6) is 5.75 Å². The number of nitrogens with one attached hydrogen (secondary N) is 1. The first kappa shape index (κ1) is 26.6. The molecule has 1 amide bonds. The Hall–Kier alpha value is -2.66. The van der Waals surface area contributed by atoms with E-state index < -0.39 is 0 Å². The summed E-state index contributed by atoms with van der Waals surface area (Å²) in [5.74, 6) is 0.902. The highest BCUT2D eigenvalue weighted by atomic mass is 16.5. The number of allylic oxidation sites excluding steroid dienone is 1. The van der Waals surface area contributed by atoms with Gasteiger partial charge in [0.2, 0.25) is 0 Å². The minimum absolute atomic E-state index is 0. The molecule has 0 saturated heterocycles. The van der Waals surface area contributed by atoms with Crippen molar-refractivity contribution in [2.24, 2.45) is 0 Å². The van der Waals surface area contributed by atoms with E-state index in [0.29, 0.717) is 25.4 Å². The monoisotopic (exact) mass is 453 g/mol. The molecule has 0 radical (unpaired) electrons. The van der Waals surface area contributed by atoms with E-state index in [9.17, 15) is 4.79 Å². The van der Waals surface area contributed by atoms with Crippen LogP contribution in [0.15, 0.2) is 42.6 Å². The van der Waals surface area contributed by atoms with Crippen molar-refractivity contribution in [1.29, 1.82) is 0 Å². The van der Waals surface area contributed by atoms with Gasteiger partial charge in [-0.25, -0.2) is 0 Å². The van der Waals surface area contributed by atoms with Crippen LogP contribution in [-0.4, -0.2) is 48.6 Å². The van der Waals surface area contributed by atoms with Crippen molar-refractivity contribution >= 4 is 11.5 Å². The fourth-order valence-electron chi connectivity index (χ4n) is 4.03. The molecule has 1 N–H and O–H groups in total. The Morgan fingerprint density at radius 2 is 1.91 bits per heavy atom. The molecule has 2 aromatic rings. The molecule has 5 nitrogen and oxygen atoms in total. The molecular formula is C28H43N3O2. The number of hydrogen-bond donors (Lipinski definition) is 1. The summed E-state index contributed by atoms with van der Waals surface area (Å²) in [5.41, 5.74) is 5.12. The van der Waals surface area contributed by atoms with Crippen molar-refractivity contribution in [1.82, 2.24) is 15.2 Å². The topological polar surface area (TPSA) is 54.5 Å². The van der Waals surface area contributed by atoms with Crippen LogP contribution >= 0.6 is 0 Å². The third-order valence-corrected chi connectivity index (χ3v) is 5.69. The third kappa shape index (κ3) is 7.16. The van der Waals surface area contributed by atoms with Gasteiger partial charge in [-0.3, -0.25) is 9.78 Å². The number of ether oxygens (including phenoxy) is 1. The van der Waals surface area contributed by atoms with Crippen LogP contribution in [0.4, 0.5) is 0 Å². The van der Waals surface area contributed by atoms with Crippen molar-refractivity contribution in [3.05, 3.63) is 65.0 Å². The predicted molar refractivity (Wildman–Crippen MR) is 140 cm³/mol. The molecule has 0 atom stereocenters. The number of rotatable bonds is 6. The highest BCUT2D eigenvalue weighted by molar-refractivity contribution is 5.93. The van der Waals surface area contributed by atoms with Gasteiger partial charge in [-0.05, 0) is 62.9 Å². The smallest absolute Gasteiger partial charge is 0.272 e. The average molecular weight is 454 g/mol. The first-order valence-corrected chi connectivity index (χ1v) is 12.6. The Balaban J connectivity index is 0.00000188. The predicted octanol–water partition coefficient (Wildman–Crippen LogP) is 5.98. The Morgan fingerprint density at radius 3 is 2.58 bits per heavy atom. The molecule has 0 saturated carbocycles. The molecule has 5 heteroatoms. The quantitative estimate of drug-likeness (QED) is 0.584. The third-order valence-electron chi connectivity index (χ3n) is 5.69. The SMILES string of the molecule is CC.CCCc1cccc2c1/C(c1ccc(C(=O)N(CC)CC)nc1)=C\CCCNCCO2.[HH]. The molecule has 1 aromatic carbocycles. The van der Waals surface area contributed by atoms with Crippen LogP contribution in [-0.2, 0) is 6.42 Å². The largest absolute Gasteiger partial charge is 0.492 e. The normalized spacial score (nSPS) is 15.5. The van der Waals surface area contributed by atoms with E-state index in [1.165, 1.54) is 5.56 Å². The van der Waals surface area contributed by atoms with Gasteiger partial charge in [0.05, 0.1) is 0 Å². The summed E-state index contributed by atoms with van der Waals surface area (Å²) >= 11 is 0. The zero-order chi connectivity index (χ0) is 24.1. The van der Waals surface area contributed by atoms with Gasteiger partial charge in [0.25, 0.3) is 5.91 Å². The maximum absolute atomic E-state index is 12.7. The maximum atomic E-state index is 12.7. The number of benzene rings is 1. The fraction of sp³-hybridized carbons (Fsp3) is 0.500. The Kier molecular flexibility index (Phi) is 11.7. The molecule has 2 heterocycles. The lowest BCUT2D eigenvalue weighted by Crippen LogP contribution is -2.31. The zero-order valence-electron chi connectivity index (χ0n) is 21.1. The van der Waals surface area contributed by atoms with Crippen LogP contribution in [0.1, 0.15) is 82.5 Å². The average Bonchev–Trinajstić information content (AvgIpc) is 2.90. The van der Waals surface area contributed by atoms with Crippen LogP contribution in [0.3, 0.4) is 0 Å². The first-order chi connectivity index (χ1) is 16.2. The lowest BCUT2D eigenvalue weighted by molar-refractivity contribution is 0.0767. The van der Waals surface area contributed by atoms with Gasteiger partial charge in [0, 0.05) is 38.4 Å². The molecular weight excluding hydrogens is 410 g/mol. The molecule has 33 heavy (non-hydrogen) atoms. The minimum atomic E-state index is -0.0190. The summed E-state index contributed by atoms with van der Waals surface area (Å²) in [6.45, 7) is 14.0. The summed E-state index contributed by atoms with van der Waals surface area (Å²) in [6.07, 6.45) is 8.25. The van der Waals surface area contributed by atoms with Gasteiger partial charge in [-0.2, -0.15) is 0 Å². The lowest BCUT2D eigenvalue weighted by Gasteiger charge is -2.20. The van der Waals surface area contributed by atoms with E-state index >= 15 is 0 Å². The van der Waals surface area contributed by atoms with Crippen LogP contribution in [0.2, 0.25) is 0 Å². The number of fused-ring (bicyclic) bond motifs is 1. The van der Waals surface area contributed by atoms with Crippen molar-refractivity contribution < 1.29 is 11.0 Å². The summed E-state index contributed by atoms with van der Waals surface area (Å²) in [6, 6.07) is 10.2. The number of aromatic nitrogens is 1. The molecule has 1 aliphatic heterocycles. The van der Waals surface area contributed by atoms with Gasteiger partial charge < -0.3 is 15.0 Å². The summed E-state index contributed by atoms with van der Waals surface area (Å²) in [5, 5.41) is 3.44. The molecule has 0 spiro atoms. The molecule has 0 aliphatic carbocycles. The Morgan fingerprint density at radius 1 is 1.12 bits per heavy atom. The van der Waals surface area contributed by atoms with Crippen molar-refractivity contribution in [3.8, 4) is 5.75 Å². The van der Waals surface area contributed by atoms with Gasteiger partial charge in [0.1, 0.15) is 18.1 Å². The summed E-state index contributed by atoms with van der Waals surface area (Å²) in [4.78, 5) is 19.0. The van der Waals surface area contributed by atoms with E-state index in [4.69, 9.17) is 4.74 Å². The van der Waals surface area contributed by atoms with Gasteiger partial charge >= 0.3 is 0 Å². The van der Waals surface area contributed by atoms with Crippen LogP contribution < -0.4 is 10.1 Å². The minimum Gasteiger partial charge on any atom is -0.492 e. The highest BCUT2D eigenvalue weighted by Crippen LogP contribution is 2.35. The molecule has 1 aliphatic rings. The first-order valence-electron chi connectivity index (χ1n) is 12.6. The van der Waals surface area contributed by atoms with Crippen molar-refractivity contribution in [2.75, 3.05) is 32.8 Å². The molecule has 0 bridgehead atoms. The second kappa shape index (κ2) is 14.5. The fourth-order valence-corrected chi connectivity index (χ4v) is 4.03. The number of aryl methyl sites for hydroxylation is 1. The van der Waals surface area contributed by atoms with E-state index in [2.05, 4.69) is 41.5 Å². The van der Waals surface area contributed by atoms with Crippen molar-refractivity contribution in [2.45, 2.75) is 60.3 Å². The molecule has 182 valence electrons. The van der Waals surface area contributed by atoms with E-state index in [0.717, 1.165) is 61.2 Å². The number of nitrogens with zero attached hydrogens (tertiary/aromatic N) is 2. The lowest BCUT2D eigenvalue weighted by atomic mass is 9.90.